The molecule has 0 fully saturated rings. The zero-order valence-corrected chi connectivity index (χ0v) is 12.9. The van der Waals surface area contributed by atoms with Crippen molar-refractivity contribution in [1.82, 2.24) is 4.98 Å². The van der Waals surface area contributed by atoms with Gasteiger partial charge in [-0.2, -0.15) is 0 Å². The molecule has 0 aliphatic heterocycles. The molecule has 1 atom stereocenters. The number of pyridine rings is 1. The van der Waals surface area contributed by atoms with E-state index in [0.29, 0.717) is 11.8 Å². The normalized spacial score (nSPS) is 12.2. The van der Waals surface area contributed by atoms with Gasteiger partial charge >= 0.3 is 0 Å². The summed E-state index contributed by atoms with van der Waals surface area (Å²) in [7, 11) is 0. The van der Waals surface area contributed by atoms with E-state index in [0.717, 1.165) is 29.2 Å². The fraction of sp³-hybridized carbons (Fsp3) is 0.353. The molecular formula is C17H20ClNO. The van der Waals surface area contributed by atoms with Gasteiger partial charge in [0.2, 0.25) is 0 Å². The van der Waals surface area contributed by atoms with Gasteiger partial charge in [0.1, 0.15) is 11.5 Å². The molecule has 0 bridgehead atoms. The first-order valence-corrected chi connectivity index (χ1v) is 7.46. The number of halogens is 1. The molecule has 0 aliphatic rings. The number of hydrogen-bond donors (Lipinski definition) is 0. The molecule has 0 spiro atoms. The number of alkyl halides is 1. The third-order valence-electron chi connectivity index (χ3n) is 3.51. The van der Waals surface area contributed by atoms with Crippen LogP contribution in [0.25, 0.3) is 0 Å². The zero-order valence-electron chi connectivity index (χ0n) is 12.2. The lowest BCUT2D eigenvalue weighted by Gasteiger charge is -2.12. The van der Waals surface area contributed by atoms with E-state index in [1.54, 1.807) is 6.20 Å². The molecule has 0 amide bonds. The van der Waals surface area contributed by atoms with E-state index in [2.05, 4.69) is 31.0 Å². The molecule has 106 valence electrons. The van der Waals surface area contributed by atoms with Gasteiger partial charge in [-0.3, -0.25) is 4.98 Å². The summed E-state index contributed by atoms with van der Waals surface area (Å²) in [5.41, 5.74) is 3.16. The van der Waals surface area contributed by atoms with Crippen LogP contribution in [-0.2, 0) is 5.88 Å². The van der Waals surface area contributed by atoms with Crippen molar-refractivity contribution >= 4 is 11.6 Å². The average molecular weight is 290 g/mol. The molecular weight excluding hydrogens is 270 g/mol. The van der Waals surface area contributed by atoms with Crippen molar-refractivity contribution in [1.29, 1.82) is 0 Å². The summed E-state index contributed by atoms with van der Waals surface area (Å²) >= 11 is 5.92. The Balaban J connectivity index is 2.20. The molecule has 2 rings (SSSR count). The van der Waals surface area contributed by atoms with E-state index in [4.69, 9.17) is 16.3 Å². The highest BCUT2D eigenvalue weighted by molar-refractivity contribution is 6.17. The van der Waals surface area contributed by atoms with Crippen LogP contribution in [0.4, 0.5) is 0 Å². The Hall–Kier alpha value is -1.54. The number of nitrogens with zero attached hydrogens (tertiary/aromatic N) is 1. The fourth-order valence-corrected chi connectivity index (χ4v) is 2.19. The zero-order chi connectivity index (χ0) is 14.5. The smallest absolute Gasteiger partial charge is 0.135 e. The highest BCUT2D eigenvalue weighted by Crippen LogP contribution is 2.28. The molecule has 20 heavy (non-hydrogen) atoms. The maximum absolute atomic E-state index is 5.93. The first-order chi connectivity index (χ1) is 9.63. The number of aryl methyl sites for hydroxylation is 1. The maximum Gasteiger partial charge on any atom is 0.135 e. The lowest BCUT2D eigenvalue weighted by atomic mass is 9.99. The van der Waals surface area contributed by atoms with Crippen LogP contribution < -0.4 is 4.74 Å². The number of rotatable bonds is 5. The molecule has 0 saturated heterocycles. The summed E-state index contributed by atoms with van der Waals surface area (Å²) in [4.78, 5) is 4.24. The molecule has 1 heterocycles. The average Bonchev–Trinajstić information content (AvgIpc) is 2.47. The number of hydrogen-bond acceptors (Lipinski definition) is 2. The van der Waals surface area contributed by atoms with Gasteiger partial charge in [0, 0.05) is 23.5 Å². The quantitative estimate of drug-likeness (QED) is 0.684. The van der Waals surface area contributed by atoms with Crippen LogP contribution in [0.5, 0.6) is 11.5 Å². The van der Waals surface area contributed by atoms with Gasteiger partial charge in [-0.1, -0.05) is 26.0 Å². The van der Waals surface area contributed by atoms with Crippen molar-refractivity contribution in [2.75, 3.05) is 0 Å². The predicted molar refractivity (Wildman–Crippen MR) is 83.8 cm³/mol. The Morgan fingerprint density at radius 1 is 1.25 bits per heavy atom. The third-order valence-corrected chi connectivity index (χ3v) is 3.80. The molecule has 2 nitrogen and oxygen atoms in total. The van der Waals surface area contributed by atoms with Crippen LogP contribution in [0.2, 0.25) is 0 Å². The van der Waals surface area contributed by atoms with Gasteiger partial charge in [-0.25, -0.2) is 0 Å². The van der Waals surface area contributed by atoms with E-state index in [-0.39, 0.29) is 0 Å². The van der Waals surface area contributed by atoms with Gasteiger partial charge in [-0.05, 0) is 37.0 Å². The first kappa shape index (κ1) is 14.9. The number of ether oxygens (including phenoxy) is 1. The second kappa shape index (κ2) is 6.76. The van der Waals surface area contributed by atoms with E-state index in [1.807, 2.05) is 25.1 Å². The van der Waals surface area contributed by atoms with Crippen LogP contribution in [0, 0.1) is 6.92 Å². The first-order valence-electron chi connectivity index (χ1n) is 6.93. The van der Waals surface area contributed by atoms with Gasteiger partial charge in [0.15, 0.2) is 0 Å². The van der Waals surface area contributed by atoms with Crippen molar-refractivity contribution < 1.29 is 4.74 Å². The molecule has 0 N–H and O–H groups in total. The maximum atomic E-state index is 5.93. The summed E-state index contributed by atoms with van der Waals surface area (Å²) in [6, 6.07) is 10.2. The van der Waals surface area contributed by atoms with E-state index >= 15 is 0 Å². The summed E-state index contributed by atoms with van der Waals surface area (Å²) in [5, 5.41) is 0. The molecule has 1 aromatic heterocycles. The highest BCUT2D eigenvalue weighted by atomic mass is 35.5. The molecule has 2 aromatic rings. The monoisotopic (exact) mass is 289 g/mol. The van der Waals surface area contributed by atoms with E-state index < -0.39 is 0 Å². The van der Waals surface area contributed by atoms with E-state index in [9.17, 15) is 0 Å². The van der Waals surface area contributed by atoms with Crippen molar-refractivity contribution in [2.24, 2.45) is 0 Å². The van der Waals surface area contributed by atoms with Crippen LogP contribution in [0.1, 0.15) is 43.0 Å². The van der Waals surface area contributed by atoms with Crippen LogP contribution in [0.15, 0.2) is 36.5 Å². The molecule has 0 saturated carbocycles. The van der Waals surface area contributed by atoms with Crippen molar-refractivity contribution in [2.45, 2.75) is 39.0 Å². The summed E-state index contributed by atoms with van der Waals surface area (Å²) < 4.78 is 5.93. The highest BCUT2D eigenvalue weighted by Gasteiger charge is 2.07. The lowest BCUT2D eigenvalue weighted by molar-refractivity contribution is 0.476. The van der Waals surface area contributed by atoms with Gasteiger partial charge < -0.3 is 4.74 Å². The standard InChI is InChI=1S/C17H20ClNO/c1-4-12(2)14-5-7-16(8-6-14)20-17-9-13(3)19-11-15(17)10-18/h5-9,11-12H,4,10H2,1-3H3. The van der Waals surface area contributed by atoms with Gasteiger partial charge in [-0.15, -0.1) is 11.6 Å². The van der Waals surface area contributed by atoms with Crippen molar-refractivity contribution in [3.8, 4) is 11.5 Å². The summed E-state index contributed by atoms with van der Waals surface area (Å²) in [6.45, 7) is 6.37. The largest absolute Gasteiger partial charge is 0.457 e. The molecule has 1 unspecified atom stereocenters. The fourth-order valence-electron chi connectivity index (χ4n) is 1.99. The second-order valence-electron chi connectivity index (χ2n) is 5.05. The number of aromatic nitrogens is 1. The molecule has 3 heteroatoms. The molecule has 0 radical (unpaired) electrons. The minimum Gasteiger partial charge on any atom is -0.457 e. The topological polar surface area (TPSA) is 22.1 Å². The Labute approximate surface area is 125 Å². The Bertz CT molecular complexity index is 566. The minimum absolute atomic E-state index is 0.396. The molecule has 1 aromatic carbocycles. The minimum atomic E-state index is 0.396. The third kappa shape index (κ3) is 3.51. The van der Waals surface area contributed by atoms with Crippen LogP contribution >= 0.6 is 11.6 Å². The predicted octanol–water partition coefficient (Wildman–Crippen LogP) is 5.43. The van der Waals surface area contributed by atoms with Gasteiger partial charge in [0.05, 0.1) is 5.88 Å². The van der Waals surface area contributed by atoms with Crippen molar-refractivity contribution in [3.05, 3.63) is 53.3 Å². The SMILES string of the molecule is CCC(C)c1ccc(Oc2cc(C)ncc2CCl)cc1. The van der Waals surface area contributed by atoms with E-state index in [1.165, 1.54) is 5.56 Å². The summed E-state index contributed by atoms with van der Waals surface area (Å²) in [5.74, 6) is 2.58. The number of benzene rings is 1. The Kier molecular flexibility index (Phi) is 5.02. The van der Waals surface area contributed by atoms with Crippen molar-refractivity contribution in [3.63, 3.8) is 0 Å². The molecule has 0 aliphatic carbocycles. The Morgan fingerprint density at radius 3 is 2.55 bits per heavy atom. The Morgan fingerprint density at radius 2 is 1.95 bits per heavy atom. The summed E-state index contributed by atoms with van der Waals surface area (Å²) in [6.07, 6.45) is 2.91. The van der Waals surface area contributed by atoms with Crippen LogP contribution in [-0.4, -0.2) is 4.98 Å². The lowest BCUT2D eigenvalue weighted by Crippen LogP contribution is -1.94. The van der Waals surface area contributed by atoms with Gasteiger partial charge in [0.25, 0.3) is 0 Å². The van der Waals surface area contributed by atoms with Crippen LogP contribution in [0.3, 0.4) is 0 Å². The second-order valence-corrected chi connectivity index (χ2v) is 5.31.